The van der Waals surface area contributed by atoms with Crippen LogP contribution in [0.3, 0.4) is 0 Å². The maximum Gasteiger partial charge on any atom is 0.332 e. The van der Waals surface area contributed by atoms with E-state index in [2.05, 4.69) is 10.3 Å². The van der Waals surface area contributed by atoms with Crippen molar-refractivity contribution in [1.82, 2.24) is 10.3 Å². The summed E-state index contributed by atoms with van der Waals surface area (Å²) in [6.45, 7) is -0.0275. The van der Waals surface area contributed by atoms with Crippen molar-refractivity contribution in [3.63, 3.8) is 0 Å². The lowest BCUT2D eigenvalue weighted by atomic mass is 10.1. The maximum absolute atomic E-state index is 12.2. The average molecular weight is 345 g/mol. The minimum Gasteiger partial charge on any atom is -0.508 e. The Morgan fingerprint density at radius 1 is 1.36 bits per heavy atom. The minimum atomic E-state index is -1.16. The summed E-state index contributed by atoms with van der Waals surface area (Å²) >= 11 is 0. The molecule has 9 nitrogen and oxygen atoms in total. The third-order valence-corrected chi connectivity index (χ3v) is 3.53. The zero-order valence-electron chi connectivity index (χ0n) is 13.2. The number of ether oxygens (including phenoxy) is 1. The standard InChI is InChI=1S/C16H15N3O6/c1-25-12(16(23)24)4-5-18-15(22)13-14(21)9-3-2-8(20)6-10(9)11(7-17)19-13/h2-3,6,12,20-21H,4-5H2,1H3,(H,18,22)(H,23,24)/t12-/m0/s1. The van der Waals surface area contributed by atoms with Crippen molar-refractivity contribution in [1.29, 1.82) is 5.26 Å². The number of phenolic OH excluding ortho intramolecular Hbond substituents is 1. The van der Waals surface area contributed by atoms with Gasteiger partial charge in [-0.05, 0) is 18.2 Å². The van der Waals surface area contributed by atoms with Crippen LogP contribution in [0.4, 0.5) is 0 Å². The van der Waals surface area contributed by atoms with E-state index in [1.165, 1.54) is 25.3 Å². The Morgan fingerprint density at radius 2 is 2.08 bits per heavy atom. The third kappa shape index (κ3) is 3.76. The van der Waals surface area contributed by atoms with Crippen LogP contribution < -0.4 is 5.32 Å². The molecule has 1 aromatic carbocycles. The first-order valence-corrected chi connectivity index (χ1v) is 7.18. The van der Waals surface area contributed by atoms with Crippen LogP contribution in [-0.2, 0) is 9.53 Å². The number of hydrogen-bond acceptors (Lipinski definition) is 7. The van der Waals surface area contributed by atoms with E-state index in [1.54, 1.807) is 0 Å². The number of pyridine rings is 1. The number of amides is 1. The van der Waals surface area contributed by atoms with Gasteiger partial charge >= 0.3 is 5.97 Å². The molecule has 0 radical (unpaired) electrons. The monoisotopic (exact) mass is 345 g/mol. The van der Waals surface area contributed by atoms with E-state index < -0.39 is 23.7 Å². The number of nitriles is 1. The number of aliphatic carboxylic acids is 1. The number of nitrogens with zero attached hydrogens (tertiary/aromatic N) is 2. The summed E-state index contributed by atoms with van der Waals surface area (Å²) in [4.78, 5) is 26.9. The smallest absolute Gasteiger partial charge is 0.332 e. The molecule has 0 aliphatic heterocycles. The van der Waals surface area contributed by atoms with Gasteiger partial charge in [0.1, 0.15) is 17.5 Å². The Kier molecular flexibility index (Phi) is 5.36. The second kappa shape index (κ2) is 7.46. The number of aromatic nitrogens is 1. The number of carboxylic acid groups (broad SMARTS) is 1. The normalized spacial score (nSPS) is 11.7. The Labute approximate surface area is 142 Å². The number of methoxy groups -OCH3 is 1. The van der Waals surface area contributed by atoms with Gasteiger partial charge in [-0.3, -0.25) is 4.79 Å². The molecule has 0 bridgehead atoms. The quantitative estimate of drug-likeness (QED) is 0.598. The molecular weight excluding hydrogens is 330 g/mol. The largest absolute Gasteiger partial charge is 0.508 e. The summed E-state index contributed by atoms with van der Waals surface area (Å²) in [5.41, 5.74) is -0.492. The fourth-order valence-electron chi connectivity index (χ4n) is 2.27. The SMILES string of the molecule is CO[C@@H](CCNC(=O)c1nc(C#N)c2cc(O)ccc2c1O)C(=O)O. The number of fused-ring (bicyclic) bond motifs is 1. The van der Waals surface area contributed by atoms with Crippen molar-refractivity contribution in [3.05, 3.63) is 29.6 Å². The topological polar surface area (TPSA) is 153 Å². The van der Waals surface area contributed by atoms with E-state index in [9.17, 15) is 25.1 Å². The molecule has 0 aliphatic carbocycles. The van der Waals surface area contributed by atoms with Crippen molar-refractivity contribution in [3.8, 4) is 17.6 Å². The van der Waals surface area contributed by atoms with Crippen LogP contribution in [0.2, 0.25) is 0 Å². The summed E-state index contributed by atoms with van der Waals surface area (Å²) in [6, 6.07) is 5.74. The van der Waals surface area contributed by atoms with E-state index in [1.807, 2.05) is 6.07 Å². The molecule has 9 heteroatoms. The molecule has 0 unspecified atom stereocenters. The fraction of sp³-hybridized carbons (Fsp3) is 0.250. The highest BCUT2D eigenvalue weighted by molar-refractivity contribution is 6.03. The summed E-state index contributed by atoms with van der Waals surface area (Å²) < 4.78 is 4.75. The van der Waals surface area contributed by atoms with Gasteiger partial charge in [-0.25, -0.2) is 9.78 Å². The van der Waals surface area contributed by atoms with Crippen LogP contribution in [-0.4, -0.2) is 51.9 Å². The second-order valence-electron chi connectivity index (χ2n) is 5.11. The number of carbonyl (C=O) groups excluding carboxylic acids is 1. The number of hydrogen-bond donors (Lipinski definition) is 4. The average Bonchev–Trinajstić information content (AvgIpc) is 2.58. The number of carboxylic acids is 1. The van der Waals surface area contributed by atoms with Gasteiger partial charge in [-0.15, -0.1) is 0 Å². The van der Waals surface area contributed by atoms with E-state index in [4.69, 9.17) is 9.84 Å². The molecule has 0 spiro atoms. The van der Waals surface area contributed by atoms with E-state index in [-0.39, 0.29) is 40.9 Å². The van der Waals surface area contributed by atoms with Gasteiger partial charge in [0.2, 0.25) is 0 Å². The van der Waals surface area contributed by atoms with E-state index in [0.717, 1.165) is 0 Å². The summed E-state index contributed by atoms with van der Waals surface area (Å²) in [5, 5.41) is 40.6. The number of nitrogens with one attached hydrogen (secondary N) is 1. The predicted molar refractivity (Wildman–Crippen MR) is 85.2 cm³/mol. The van der Waals surface area contributed by atoms with Crippen molar-refractivity contribution in [2.45, 2.75) is 12.5 Å². The van der Waals surface area contributed by atoms with Gasteiger partial charge in [-0.1, -0.05) is 0 Å². The zero-order valence-corrected chi connectivity index (χ0v) is 13.2. The highest BCUT2D eigenvalue weighted by Gasteiger charge is 2.21. The second-order valence-corrected chi connectivity index (χ2v) is 5.11. The van der Waals surface area contributed by atoms with Crippen LogP contribution in [0.25, 0.3) is 10.8 Å². The first-order chi connectivity index (χ1) is 11.9. The summed E-state index contributed by atoms with van der Waals surface area (Å²) in [6.07, 6.45) is -1.05. The summed E-state index contributed by atoms with van der Waals surface area (Å²) in [5.74, 6) is -2.46. The molecule has 0 saturated heterocycles. The Balaban J connectivity index is 2.27. The van der Waals surface area contributed by atoms with Crippen LogP contribution >= 0.6 is 0 Å². The molecule has 2 aromatic rings. The van der Waals surface area contributed by atoms with Crippen LogP contribution in [0, 0.1) is 11.3 Å². The third-order valence-electron chi connectivity index (χ3n) is 3.53. The zero-order chi connectivity index (χ0) is 18.6. The summed E-state index contributed by atoms with van der Waals surface area (Å²) in [7, 11) is 1.24. The van der Waals surface area contributed by atoms with Crippen LogP contribution in [0.15, 0.2) is 18.2 Å². The molecule has 0 saturated carbocycles. The molecule has 1 atom stereocenters. The molecular formula is C16H15N3O6. The molecule has 130 valence electrons. The van der Waals surface area contributed by atoms with Crippen LogP contribution in [0.5, 0.6) is 11.5 Å². The lowest BCUT2D eigenvalue weighted by Gasteiger charge is -2.12. The van der Waals surface area contributed by atoms with Crippen molar-refractivity contribution < 1.29 is 29.6 Å². The maximum atomic E-state index is 12.2. The van der Waals surface area contributed by atoms with Gasteiger partial charge in [0.05, 0.1) is 0 Å². The van der Waals surface area contributed by atoms with Crippen molar-refractivity contribution in [2.75, 3.05) is 13.7 Å². The fourth-order valence-corrected chi connectivity index (χ4v) is 2.27. The molecule has 4 N–H and O–H groups in total. The molecule has 0 aliphatic rings. The van der Waals surface area contributed by atoms with Gasteiger partial charge in [0.15, 0.2) is 17.5 Å². The van der Waals surface area contributed by atoms with Gasteiger partial charge in [0.25, 0.3) is 5.91 Å². The minimum absolute atomic E-state index is 0.0187. The van der Waals surface area contributed by atoms with E-state index >= 15 is 0 Å². The molecule has 1 heterocycles. The molecule has 1 aromatic heterocycles. The van der Waals surface area contributed by atoms with Gasteiger partial charge < -0.3 is 25.4 Å². The van der Waals surface area contributed by atoms with Gasteiger partial charge in [0, 0.05) is 30.8 Å². The molecule has 0 fully saturated rings. The molecule has 25 heavy (non-hydrogen) atoms. The van der Waals surface area contributed by atoms with Crippen molar-refractivity contribution >= 4 is 22.6 Å². The Hall–Kier alpha value is -3.38. The van der Waals surface area contributed by atoms with Crippen molar-refractivity contribution in [2.24, 2.45) is 0 Å². The first-order valence-electron chi connectivity index (χ1n) is 7.18. The van der Waals surface area contributed by atoms with Gasteiger partial charge in [-0.2, -0.15) is 5.26 Å². The van der Waals surface area contributed by atoms with E-state index in [0.29, 0.717) is 0 Å². The number of phenols is 1. The lowest BCUT2D eigenvalue weighted by molar-refractivity contribution is -0.148. The molecule has 2 rings (SSSR count). The number of benzene rings is 1. The Morgan fingerprint density at radius 3 is 2.68 bits per heavy atom. The Bertz CT molecular complexity index is 874. The predicted octanol–water partition coefficient (Wildman–Crippen LogP) is 0.737. The molecule has 1 amide bonds. The van der Waals surface area contributed by atoms with Crippen LogP contribution in [0.1, 0.15) is 22.6 Å². The highest BCUT2D eigenvalue weighted by atomic mass is 16.5. The highest BCUT2D eigenvalue weighted by Crippen LogP contribution is 2.31. The lowest BCUT2D eigenvalue weighted by Crippen LogP contribution is -2.31. The first kappa shape index (κ1) is 18.0. The number of rotatable bonds is 6. The number of aromatic hydroxyl groups is 2. The number of carbonyl (C=O) groups is 2.